The number of rotatable bonds is 15. The fourth-order valence-electron chi connectivity index (χ4n) is 5.82. The number of hydrogen-bond acceptors (Lipinski definition) is 9. The first-order valence-electron chi connectivity index (χ1n) is 19.4. The molecule has 0 aromatic carbocycles. The van der Waals surface area contributed by atoms with Gasteiger partial charge in [0.05, 0.1) is 24.3 Å². The zero-order valence-electron chi connectivity index (χ0n) is 33.0. The average Bonchev–Trinajstić information content (AvgIpc) is 3.97. The van der Waals surface area contributed by atoms with E-state index in [1.165, 1.54) is 64.2 Å². The van der Waals surface area contributed by atoms with Gasteiger partial charge in [-0.15, -0.1) is 0 Å². The molecule has 3 saturated carbocycles. The van der Waals surface area contributed by atoms with Gasteiger partial charge in [0.2, 0.25) is 18.1 Å². The van der Waals surface area contributed by atoms with Crippen molar-refractivity contribution in [1.82, 2.24) is 36.1 Å². The topological polar surface area (TPSA) is 162 Å². The summed E-state index contributed by atoms with van der Waals surface area (Å²) in [6.07, 6.45) is 23.8. The number of aldehydes is 1. The Balaban J connectivity index is 0.000000743. The van der Waals surface area contributed by atoms with Crippen LogP contribution < -0.4 is 21.3 Å². The normalized spacial score (nSPS) is 18.9. The van der Waals surface area contributed by atoms with E-state index >= 15 is 0 Å². The number of ketones is 1. The predicted molar refractivity (Wildman–Crippen MR) is 205 cm³/mol. The number of nitrogens with zero attached hydrogens (tertiary/aromatic N) is 3. The number of carbonyl (C=O) groups excluding carboxylic acids is 5. The molecule has 0 radical (unpaired) electrons. The first-order chi connectivity index (χ1) is 24.5. The highest BCUT2D eigenvalue weighted by Gasteiger charge is 2.32. The first-order valence-corrected chi connectivity index (χ1v) is 19.4. The molecule has 1 aromatic heterocycles. The lowest BCUT2D eigenvalue weighted by molar-refractivity contribution is -0.139. The minimum absolute atomic E-state index is 0.0534. The molecule has 3 aliphatic rings. The van der Waals surface area contributed by atoms with Crippen molar-refractivity contribution in [2.75, 3.05) is 27.2 Å². The molecule has 4 N–H and O–H groups in total. The number of carbonyl (C=O) groups is 5. The van der Waals surface area contributed by atoms with E-state index in [2.05, 4.69) is 57.2 Å². The lowest BCUT2D eigenvalue weighted by Crippen LogP contribution is -2.49. The van der Waals surface area contributed by atoms with E-state index in [-0.39, 0.29) is 36.2 Å². The Hall–Kier alpha value is -3.25. The summed E-state index contributed by atoms with van der Waals surface area (Å²) in [7, 11) is 4.28. The molecule has 0 aliphatic heterocycles. The predicted octanol–water partition coefficient (Wildman–Crippen LogP) is 4.94. The molecule has 3 aliphatic carbocycles. The van der Waals surface area contributed by atoms with Gasteiger partial charge in [0.1, 0.15) is 6.29 Å². The summed E-state index contributed by atoms with van der Waals surface area (Å²) in [5.41, 5.74) is 0.961. The van der Waals surface area contributed by atoms with Crippen molar-refractivity contribution >= 4 is 30.3 Å². The van der Waals surface area contributed by atoms with Crippen LogP contribution in [0.2, 0.25) is 0 Å². The van der Waals surface area contributed by atoms with Gasteiger partial charge in [-0.3, -0.25) is 29.1 Å². The molecule has 292 valence electrons. The SMILES string of the molecule is C1CCCCC1.CC.CC(C)C(C=O)NC(=O)CNC=O.CCCC(NC[C@@H]1CCCC[C@@H]1N(C)C)C(=O)C(=O)NC1CC1.Cc1cnccn1. The van der Waals surface area contributed by atoms with E-state index in [1.54, 1.807) is 18.6 Å². The third-order valence-electron chi connectivity index (χ3n) is 8.92. The lowest BCUT2D eigenvalue weighted by Gasteiger charge is -2.37. The van der Waals surface area contributed by atoms with E-state index in [1.807, 2.05) is 34.6 Å². The van der Waals surface area contributed by atoms with Gasteiger partial charge < -0.3 is 31.0 Å². The maximum Gasteiger partial charge on any atom is 0.289 e. The standard InChI is InChI=1S/C18H33N3O2.C8H14N2O3.C6H12.C5H6N2.C2H6/c1-4-7-15(17(22)18(23)20-14-10-11-14)19-12-13-8-5-6-9-16(13)21(2)3;1-6(2)7(4-11)10-8(13)3-9-5-12;1-2-4-6-5-3-1;1-5-4-6-2-3-7-5;1-2/h13-16,19H,4-12H2,1-3H3,(H,20,23);4-7H,3H2,1-2H3,(H,9,12)(H,10,13);1-6H2;2-4H,1H3;1-2H3/t13-,15?,16-;;;;/m0..../s1. The second-order valence-electron chi connectivity index (χ2n) is 13.9. The molecule has 3 amide bonds. The number of Topliss-reactive ketones (excluding diaryl/α,β-unsaturated/α-hetero) is 1. The third kappa shape index (κ3) is 23.8. The van der Waals surface area contributed by atoms with Crippen LogP contribution in [0.4, 0.5) is 0 Å². The van der Waals surface area contributed by atoms with Crippen molar-refractivity contribution in [1.29, 1.82) is 0 Å². The fraction of sp³-hybridized carbons (Fsp3) is 0.769. The van der Waals surface area contributed by atoms with E-state index < -0.39 is 11.9 Å². The minimum atomic E-state index is -0.485. The van der Waals surface area contributed by atoms with Gasteiger partial charge in [-0.1, -0.05) is 92.4 Å². The summed E-state index contributed by atoms with van der Waals surface area (Å²) in [5, 5.41) is 10.9. The van der Waals surface area contributed by atoms with Crippen LogP contribution >= 0.6 is 0 Å². The van der Waals surface area contributed by atoms with Crippen LogP contribution in [0, 0.1) is 18.8 Å². The Morgan fingerprint density at radius 2 is 1.53 bits per heavy atom. The maximum atomic E-state index is 12.4. The zero-order valence-corrected chi connectivity index (χ0v) is 33.0. The van der Waals surface area contributed by atoms with Crippen LogP contribution in [0.3, 0.4) is 0 Å². The first kappa shape index (κ1) is 47.8. The molecule has 51 heavy (non-hydrogen) atoms. The summed E-state index contributed by atoms with van der Waals surface area (Å²) in [5.74, 6) is -0.421. The van der Waals surface area contributed by atoms with E-state index in [0.717, 1.165) is 37.9 Å². The quantitative estimate of drug-likeness (QED) is 0.146. The van der Waals surface area contributed by atoms with Crippen molar-refractivity contribution in [2.24, 2.45) is 11.8 Å². The average molecular weight is 718 g/mol. The lowest BCUT2D eigenvalue weighted by atomic mass is 9.83. The summed E-state index contributed by atoms with van der Waals surface area (Å²) >= 11 is 0. The molecular weight excluding hydrogens is 646 g/mol. The Kier molecular flexibility index (Phi) is 28.4. The summed E-state index contributed by atoms with van der Waals surface area (Å²) in [6, 6.07) is 0.00329. The molecule has 1 aromatic rings. The summed E-state index contributed by atoms with van der Waals surface area (Å²) in [6.45, 7) is 12.4. The minimum Gasteiger partial charge on any atom is -0.350 e. The second-order valence-corrected chi connectivity index (χ2v) is 13.9. The zero-order chi connectivity index (χ0) is 38.4. The largest absolute Gasteiger partial charge is 0.350 e. The molecule has 4 atom stereocenters. The highest BCUT2D eigenvalue weighted by atomic mass is 16.2. The van der Waals surface area contributed by atoms with Gasteiger partial charge in [0, 0.05) is 37.2 Å². The van der Waals surface area contributed by atoms with Crippen molar-refractivity contribution in [3.05, 3.63) is 24.3 Å². The van der Waals surface area contributed by atoms with Crippen LogP contribution in [-0.2, 0) is 24.0 Å². The van der Waals surface area contributed by atoms with Crippen molar-refractivity contribution < 1.29 is 24.0 Å². The fourth-order valence-corrected chi connectivity index (χ4v) is 5.82. The second kappa shape index (κ2) is 30.4. The molecule has 0 saturated heterocycles. The number of amides is 3. The molecule has 0 spiro atoms. The Morgan fingerprint density at radius 3 is 1.96 bits per heavy atom. The van der Waals surface area contributed by atoms with Crippen molar-refractivity contribution in [3.8, 4) is 0 Å². The molecule has 4 rings (SSSR count). The van der Waals surface area contributed by atoms with E-state index in [4.69, 9.17) is 0 Å². The van der Waals surface area contributed by atoms with Crippen LogP contribution in [0.25, 0.3) is 0 Å². The van der Waals surface area contributed by atoms with Gasteiger partial charge in [-0.05, 0) is 65.0 Å². The van der Waals surface area contributed by atoms with Crippen LogP contribution in [0.5, 0.6) is 0 Å². The number of aromatic nitrogens is 2. The monoisotopic (exact) mass is 718 g/mol. The summed E-state index contributed by atoms with van der Waals surface area (Å²) < 4.78 is 0. The van der Waals surface area contributed by atoms with Crippen LogP contribution in [0.1, 0.15) is 130 Å². The molecule has 12 heteroatoms. The molecule has 3 fully saturated rings. The molecule has 1 heterocycles. The van der Waals surface area contributed by atoms with Crippen molar-refractivity contribution in [2.45, 2.75) is 156 Å². The van der Waals surface area contributed by atoms with Gasteiger partial charge in [0.15, 0.2) is 0 Å². The molecule has 12 nitrogen and oxygen atoms in total. The number of aryl methyl sites for hydroxylation is 1. The van der Waals surface area contributed by atoms with Gasteiger partial charge in [-0.25, -0.2) is 0 Å². The van der Waals surface area contributed by atoms with Crippen LogP contribution in [-0.4, -0.2) is 96.5 Å². The Morgan fingerprint density at radius 1 is 0.922 bits per heavy atom. The molecular formula is C39H71N7O5. The number of nitrogens with one attached hydrogen (secondary N) is 4. The Labute approximate surface area is 308 Å². The van der Waals surface area contributed by atoms with Gasteiger partial charge in [0.25, 0.3) is 5.91 Å². The maximum absolute atomic E-state index is 12.4. The smallest absolute Gasteiger partial charge is 0.289 e. The van der Waals surface area contributed by atoms with Crippen molar-refractivity contribution in [3.63, 3.8) is 0 Å². The summed E-state index contributed by atoms with van der Waals surface area (Å²) in [4.78, 5) is 65.7. The number of hydrogen-bond donors (Lipinski definition) is 4. The Bertz CT molecular complexity index is 1050. The highest BCUT2D eigenvalue weighted by molar-refractivity contribution is 6.38. The van der Waals surface area contributed by atoms with Gasteiger partial charge >= 0.3 is 0 Å². The highest BCUT2D eigenvalue weighted by Crippen LogP contribution is 2.27. The third-order valence-corrected chi connectivity index (χ3v) is 8.92. The van der Waals surface area contributed by atoms with Crippen LogP contribution in [0.15, 0.2) is 18.6 Å². The molecule has 2 unspecified atom stereocenters. The van der Waals surface area contributed by atoms with E-state index in [9.17, 15) is 24.0 Å². The van der Waals surface area contributed by atoms with Gasteiger partial charge in [-0.2, -0.15) is 0 Å². The molecule has 0 bridgehead atoms. The van der Waals surface area contributed by atoms with E-state index in [0.29, 0.717) is 24.7 Å².